The van der Waals surface area contributed by atoms with Gasteiger partial charge in [0.25, 0.3) is 5.91 Å². The molecule has 2 aromatic carbocycles. The number of rotatable bonds is 9. The molecule has 1 amide bonds. The number of ether oxygens (including phenoxy) is 1. The standard InChI is InChI=1S/C21H28N2O4S/c1-16(2)14-20(17-8-6-5-7-9-17)22-21(24)15-27-19-12-10-18(11-13-19)23(3)28(4,25)26/h5-13,16,20H,14-15H2,1-4H3,(H,22,24)/t20-/m0/s1. The van der Waals surface area contributed by atoms with E-state index in [1.54, 1.807) is 24.3 Å². The van der Waals surface area contributed by atoms with E-state index in [1.807, 2.05) is 30.3 Å². The van der Waals surface area contributed by atoms with Crippen LogP contribution in [0.2, 0.25) is 0 Å². The van der Waals surface area contributed by atoms with Gasteiger partial charge in [-0.3, -0.25) is 9.10 Å². The van der Waals surface area contributed by atoms with E-state index in [0.717, 1.165) is 18.2 Å². The third-order valence-corrected chi connectivity index (χ3v) is 5.52. The van der Waals surface area contributed by atoms with Gasteiger partial charge < -0.3 is 10.1 Å². The van der Waals surface area contributed by atoms with Crippen molar-refractivity contribution in [2.24, 2.45) is 5.92 Å². The minimum atomic E-state index is -3.32. The second-order valence-corrected chi connectivity index (χ2v) is 9.19. The molecular weight excluding hydrogens is 376 g/mol. The van der Waals surface area contributed by atoms with Crippen LogP contribution in [0.25, 0.3) is 0 Å². The van der Waals surface area contributed by atoms with E-state index in [-0.39, 0.29) is 18.6 Å². The molecule has 28 heavy (non-hydrogen) atoms. The van der Waals surface area contributed by atoms with E-state index in [4.69, 9.17) is 4.74 Å². The van der Waals surface area contributed by atoms with Gasteiger partial charge in [0.05, 0.1) is 18.0 Å². The van der Waals surface area contributed by atoms with Crippen LogP contribution < -0.4 is 14.4 Å². The topological polar surface area (TPSA) is 75.7 Å². The van der Waals surface area contributed by atoms with Crippen LogP contribution in [0, 0.1) is 5.92 Å². The van der Waals surface area contributed by atoms with Crippen LogP contribution in [0.1, 0.15) is 31.9 Å². The van der Waals surface area contributed by atoms with E-state index in [0.29, 0.717) is 17.4 Å². The van der Waals surface area contributed by atoms with E-state index < -0.39 is 10.0 Å². The lowest BCUT2D eigenvalue weighted by atomic mass is 9.97. The molecule has 6 nitrogen and oxygen atoms in total. The predicted octanol–water partition coefficient (Wildman–Crippen LogP) is 3.36. The molecule has 0 saturated carbocycles. The Hall–Kier alpha value is -2.54. The molecule has 152 valence electrons. The van der Waals surface area contributed by atoms with Crippen LogP contribution in [0.3, 0.4) is 0 Å². The van der Waals surface area contributed by atoms with Gasteiger partial charge >= 0.3 is 0 Å². The first-order valence-corrected chi connectivity index (χ1v) is 11.0. The monoisotopic (exact) mass is 404 g/mol. The highest BCUT2D eigenvalue weighted by atomic mass is 32.2. The Kier molecular flexibility index (Phi) is 7.45. The molecule has 0 aromatic heterocycles. The van der Waals surface area contributed by atoms with Crippen LogP contribution in [0.4, 0.5) is 5.69 Å². The molecule has 2 aromatic rings. The Morgan fingerprint density at radius 1 is 1.07 bits per heavy atom. The lowest BCUT2D eigenvalue weighted by molar-refractivity contribution is -0.124. The average Bonchev–Trinajstić information content (AvgIpc) is 2.65. The summed E-state index contributed by atoms with van der Waals surface area (Å²) in [4.78, 5) is 12.4. The largest absolute Gasteiger partial charge is 0.484 e. The van der Waals surface area contributed by atoms with Crippen molar-refractivity contribution in [2.45, 2.75) is 26.3 Å². The molecule has 0 bridgehead atoms. The van der Waals surface area contributed by atoms with Gasteiger partial charge in [-0.05, 0) is 42.2 Å². The van der Waals surface area contributed by atoms with Gasteiger partial charge in [0.2, 0.25) is 10.0 Å². The van der Waals surface area contributed by atoms with Crippen molar-refractivity contribution >= 4 is 21.6 Å². The molecule has 0 aliphatic heterocycles. The fourth-order valence-electron chi connectivity index (χ4n) is 2.76. The van der Waals surface area contributed by atoms with E-state index in [1.165, 1.54) is 11.4 Å². The third kappa shape index (κ3) is 6.56. The van der Waals surface area contributed by atoms with E-state index in [2.05, 4.69) is 19.2 Å². The summed E-state index contributed by atoms with van der Waals surface area (Å²) in [5.41, 5.74) is 1.60. The van der Waals surface area contributed by atoms with Crippen molar-refractivity contribution in [3.05, 3.63) is 60.2 Å². The first-order valence-electron chi connectivity index (χ1n) is 9.18. The summed E-state index contributed by atoms with van der Waals surface area (Å²) in [6.07, 6.45) is 1.98. The molecule has 2 rings (SSSR count). The highest BCUT2D eigenvalue weighted by molar-refractivity contribution is 7.92. The SMILES string of the molecule is CC(C)C[C@H](NC(=O)COc1ccc(N(C)S(C)(=O)=O)cc1)c1ccccc1. The minimum Gasteiger partial charge on any atom is -0.484 e. The van der Waals surface area contributed by atoms with Crippen LogP contribution >= 0.6 is 0 Å². The zero-order valence-corrected chi connectivity index (χ0v) is 17.6. The number of amides is 1. The maximum Gasteiger partial charge on any atom is 0.258 e. The third-order valence-electron chi connectivity index (χ3n) is 4.31. The van der Waals surface area contributed by atoms with Crippen LogP contribution in [-0.4, -0.2) is 34.2 Å². The highest BCUT2D eigenvalue weighted by Crippen LogP contribution is 2.22. The van der Waals surface area contributed by atoms with E-state index >= 15 is 0 Å². The number of hydrogen-bond acceptors (Lipinski definition) is 4. The summed E-state index contributed by atoms with van der Waals surface area (Å²) in [6.45, 7) is 4.13. The Morgan fingerprint density at radius 2 is 1.68 bits per heavy atom. The normalized spacial score (nSPS) is 12.5. The van der Waals surface area contributed by atoms with Crippen molar-refractivity contribution in [1.82, 2.24) is 5.32 Å². The quantitative estimate of drug-likeness (QED) is 0.695. The van der Waals surface area contributed by atoms with Gasteiger partial charge in [0, 0.05) is 7.05 Å². The van der Waals surface area contributed by atoms with Crippen LogP contribution in [0.5, 0.6) is 5.75 Å². The number of nitrogens with one attached hydrogen (secondary N) is 1. The summed E-state index contributed by atoms with van der Waals surface area (Å²) in [5, 5.41) is 3.03. The number of carbonyl (C=O) groups excluding carboxylic acids is 1. The molecule has 0 saturated heterocycles. The zero-order valence-electron chi connectivity index (χ0n) is 16.8. The summed E-state index contributed by atoms with van der Waals surface area (Å²) in [6, 6.07) is 16.4. The molecule has 7 heteroatoms. The van der Waals surface area contributed by atoms with Crippen LogP contribution in [0.15, 0.2) is 54.6 Å². The van der Waals surface area contributed by atoms with Crippen molar-refractivity contribution in [2.75, 3.05) is 24.2 Å². The van der Waals surface area contributed by atoms with E-state index in [9.17, 15) is 13.2 Å². The van der Waals surface area contributed by atoms with Crippen molar-refractivity contribution in [3.8, 4) is 5.75 Å². The molecular formula is C21H28N2O4S. The number of hydrogen-bond donors (Lipinski definition) is 1. The molecule has 1 atom stereocenters. The fraction of sp³-hybridized carbons (Fsp3) is 0.381. The molecule has 0 radical (unpaired) electrons. The smallest absolute Gasteiger partial charge is 0.258 e. The number of benzene rings is 2. The van der Waals surface area contributed by atoms with Gasteiger partial charge in [0.15, 0.2) is 6.61 Å². The number of anilines is 1. The maximum absolute atomic E-state index is 12.4. The molecule has 0 unspecified atom stereocenters. The Labute approximate surface area is 167 Å². The zero-order chi connectivity index (χ0) is 20.7. The van der Waals surface area contributed by atoms with Gasteiger partial charge in [-0.2, -0.15) is 0 Å². The minimum absolute atomic E-state index is 0.0666. The second-order valence-electron chi connectivity index (χ2n) is 7.17. The summed E-state index contributed by atoms with van der Waals surface area (Å²) < 4.78 is 29.9. The highest BCUT2D eigenvalue weighted by Gasteiger charge is 2.16. The molecule has 0 aliphatic rings. The van der Waals surface area contributed by atoms with Gasteiger partial charge in [-0.25, -0.2) is 8.42 Å². The second kappa shape index (κ2) is 9.59. The molecule has 0 heterocycles. The fourth-order valence-corrected chi connectivity index (χ4v) is 3.27. The summed E-state index contributed by atoms with van der Waals surface area (Å²) >= 11 is 0. The molecule has 0 spiro atoms. The van der Waals surface area contributed by atoms with Crippen molar-refractivity contribution in [1.29, 1.82) is 0 Å². The first kappa shape index (κ1) is 21.8. The summed E-state index contributed by atoms with van der Waals surface area (Å²) in [5.74, 6) is 0.735. The number of carbonyl (C=O) groups is 1. The average molecular weight is 405 g/mol. The Bertz CT molecular complexity index is 865. The molecule has 1 N–H and O–H groups in total. The summed E-state index contributed by atoms with van der Waals surface area (Å²) in [7, 11) is -1.83. The van der Waals surface area contributed by atoms with Gasteiger partial charge in [0.1, 0.15) is 5.75 Å². The van der Waals surface area contributed by atoms with Gasteiger partial charge in [-0.15, -0.1) is 0 Å². The molecule has 0 aliphatic carbocycles. The lowest BCUT2D eigenvalue weighted by Crippen LogP contribution is -2.33. The maximum atomic E-state index is 12.4. The van der Waals surface area contributed by atoms with Gasteiger partial charge in [-0.1, -0.05) is 44.2 Å². The predicted molar refractivity (Wildman–Crippen MR) is 112 cm³/mol. The first-order chi connectivity index (χ1) is 13.2. The van der Waals surface area contributed by atoms with Crippen molar-refractivity contribution < 1.29 is 17.9 Å². The Morgan fingerprint density at radius 3 is 2.21 bits per heavy atom. The molecule has 0 fully saturated rings. The van der Waals surface area contributed by atoms with Crippen molar-refractivity contribution in [3.63, 3.8) is 0 Å². The van der Waals surface area contributed by atoms with Crippen LogP contribution in [-0.2, 0) is 14.8 Å². The number of sulfonamides is 1. The lowest BCUT2D eigenvalue weighted by Gasteiger charge is -2.21. The Balaban J connectivity index is 1.95. The number of nitrogens with zero attached hydrogens (tertiary/aromatic N) is 1.